The van der Waals surface area contributed by atoms with Crippen molar-refractivity contribution in [2.45, 2.75) is 34.3 Å². The number of carbonyl (C=O) groups excluding carboxylic acids is 2. The minimum atomic E-state index is -0.496. The smallest absolute Gasteiger partial charge is 0.341 e. The van der Waals surface area contributed by atoms with Gasteiger partial charge in [0.1, 0.15) is 34.4 Å². The van der Waals surface area contributed by atoms with Crippen molar-refractivity contribution < 1.29 is 23.5 Å². The van der Waals surface area contributed by atoms with Crippen LogP contribution in [0.1, 0.15) is 41.2 Å². The highest BCUT2D eigenvalue weighted by Gasteiger charge is 2.24. The van der Waals surface area contributed by atoms with Gasteiger partial charge in [-0.2, -0.15) is 0 Å². The summed E-state index contributed by atoms with van der Waals surface area (Å²) in [6.07, 6.45) is 0. The van der Waals surface area contributed by atoms with Gasteiger partial charge in [0, 0.05) is 12.3 Å². The van der Waals surface area contributed by atoms with Crippen molar-refractivity contribution >= 4 is 49.9 Å². The highest BCUT2D eigenvalue weighted by molar-refractivity contribution is 7.24. The Morgan fingerprint density at radius 2 is 1.94 bits per heavy atom. The number of thiophene rings is 1. The molecule has 176 valence electrons. The number of aromatic nitrogens is 1. The number of benzene rings is 2. The van der Waals surface area contributed by atoms with Crippen molar-refractivity contribution in [3.05, 3.63) is 64.0 Å². The van der Waals surface area contributed by atoms with Crippen LogP contribution in [0.25, 0.3) is 21.5 Å². The molecule has 0 unspecified atom stereocenters. The molecular formula is C25H23ClN2O5S. The molecule has 0 aliphatic carbocycles. The number of aryl methyl sites for hydroxylation is 2. The molecule has 4 aromatic rings. The molecule has 0 aliphatic heterocycles. The average Bonchev–Trinajstić information content (AvgIpc) is 3.33. The normalized spacial score (nSPS) is 11.0. The molecule has 34 heavy (non-hydrogen) atoms. The number of ether oxygens (including phenoxy) is 2. The Bertz CT molecular complexity index is 1390. The van der Waals surface area contributed by atoms with E-state index in [0.29, 0.717) is 49.6 Å². The SMILES string of the molecule is CCOC(=O)c1c(NC(C)=O)sc2c(OCc3nc(-c4ccccc4Cl)oc3C)c(C)ccc12. The number of halogens is 1. The molecule has 0 radical (unpaired) electrons. The first-order chi connectivity index (χ1) is 16.3. The van der Waals surface area contributed by atoms with E-state index < -0.39 is 5.97 Å². The van der Waals surface area contributed by atoms with Crippen molar-refractivity contribution in [3.63, 3.8) is 0 Å². The molecule has 0 saturated carbocycles. The summed E-state index contributed by atoms with van der Waals surface area (Å²) >= 11 is 7.55. The maximum absolute atomic E-state index is 12.7. The number of anilines is 1. The number of nitrogens with one attached hydrogen (secondary N) is 1. The highest BCUT2D eigenvalue weighted by Crippen LogP contribution is 2.43. The van der Waals surface area contributed by atoms with Gasteiger partial charge in [0.15, 0.2) is 0 Å². The first-order valence-electron chi connectivity index (χ1n) is 10.6. The van der Waals surface area contributed by atoms with Crippen LogP contribution >= 0.6 is 22.9 Å². The van der Waals surface area contributed by atoms with Gasteiger partial charge in [-0.1, -0.05) is 35.9 Å². The number of oxazole rings is 1. The van der Waals surface area contributed by atoms with Gasteiger partial charge in [0.05, 0.1) is 21.9 Å². The molecule has 0 fully saturated rings. The van der Waals surface area contributed by atoms with Gasteiger partial charge in [0.25, 0.3) is 0 Å². The summed E-state index contributed by atoms with van der Waals surface area (Å²) < 4.78 is 18.0. The van der Waals surface area contributed by atoms with Gasteiger partial charge < -0.3 is 19.2 Å². The van der Waals surface area contributed by atoms with E-state index in [-0.39, 0.29) is 19.1 Å². The molecule has 0 aliphatic rings. The number of hydrogen-bond acceptors (Lipinski definition) is 7. The number of carbonyl (C=O) groups is 2. The van der Waals surface area contributed by atoms with Crippen molar-refractivity contribution in [3.8, 4) is 17.2 Å². The molecule has 0 bridgehead atoms. The molecule has 1 N–H and O–H groups in total. The van der Waals surface area contributed by atoms with Crippen molar-refractivity contribution in [2.24, 2.45) is 0 Å². The van der Waals surface area contributed by atoms with Gasteiger partial charge in [-0.3, -0.25) is 4.79 Å². The van der Waals surface area contributed by atoms with Gasteiger partial charge >= 0.3 is 5.97 Å². The van der Waals surface area contributed by atoms with Gasteiger partial charge in [-0.25, -0.2) is 9.78 Å². The zero-order valence-electron chi connectivity index (χ0n) is 19.2. The fourth-order valence-corrected chi connectivity index (χ4v) is 5.02. The second-order valence-corrected chi connectivity index (χ2v) is 9.01. The van der Waals surface area contributed by atoms with Gasteiger partial charge in [0.2, 0.25) is 11.8 Å². The molecule has 0 spiro atoms. The predicted octanol–water partition coefficient (Wildman–Crippen LogP) is 6.54. The van der Waals surface area contributed by atoms with Gasteiger partial charge in [-0.05, 0) is 38.5 Å². The fraction of sp³-hybridized carbons (Fsp3) is 0.240. The Morgan fingerprint density at radius 1 is 1.18 bits per heavy atom. The lowest BCUT2D eigenvalue weighted by Gasteiger charge is -2.09. The third-order valence-corrected chi connectivity index (χ3v) is 6.58. The summed E-state index contributed by atoms with van der Waals surface area (Å²) in [6, 6.07) is 11.0. The minimum Gasteiger partial charge on any atom is -0.485 e. The lowest BCUT2D eigenvalue weighted by molar-refractivity contribution is -0.114. The third-order valence-electron chi connectivity index (χ3n) is 5.13. The van der Waals surface area contributed by atoms with E-state index in [0.717, 1.165) is 10.3 Å². The summed E-state index contributed by atoms with van der Waals surface area (Å²) in [5, 5.41) is 4.37. The molecule has 1 amide bonds. The van der Waals surface area contributed by atoms with Crippen LogP contribution in [0.5, 0.6) is 5.75 Å². The first-order valence-corrected chi connectivity index (χ1v) is 11.8. The summed E-state index contributed by atoms with van der Waals surface area (Å²) in [6.45, 7) is 7.25. The van der Waals surface area contributed by atoms with Crippen LogP contribution in [0.4, 0.5) is 5.00 Å². The summed E-state index contributed by atoms with van der Waals surface area (Å²) in [7, 11) is 0. The van der Waals surface area contributed by atoms with E-state index in [9.17, 15) is 9.59 Å². The van der Waals surface area contributed by atoms with Crippen molar-refractivity contribution in [2.75, 3.05) is 11.9 Å². The predicted molar refractivity (Wildman–Crippen MR) is 133 cm³/mol. The Hall–Kier alpha value is -3.36. The molecule has 4 rings (SSSR count). The van der Waals surface area contributed by atoms with Crippen molar-refractivity contribution in [1.82, 2.24) is 4.98 Å². The minimum absolute atomic E-state index is 0.155. The van der Waals surface area contributed by atoms with Crippen LogP contribution in [-0.4, -0.2) is 23.5 Å². The Labute approximate surface area is 205 Å². The number of hydrogen-bond donors (Lipinski definition) is 1. The Kier molecular flexibility index (Phi) is 6.90. The monoisotopic (exact) mass is 498 g/mol. The number of esters is 1. The Balaban J connectivity index is 1.70. The molecule has 2 aromatic carbocycles. The van der Waals surface area contributed by atoms with Crippen LogP contribution in [-0.2, 0) is 16.1 Å². The van der Waals surface area contributed by atoms with E-state index in [4.69, 9.17) is 25.5 Å². The lowest BCUT2D eigenvalue weighted by atomic mass is 10.1. The topological polar surface area (TPSA) is 90.7 Å². The van der Waals surface area contributed by atoms with E-state index in [2.05, 4.69) is 10.3 Å². The highest BCUT2D eigenvalue weighted by atomic mass is 35.5. The van der Waals surface area contributed by atoms with E-state index in [1.807, 2.05) is 44.2 Å². The van der Waals surface area contributed by atoms with Gasteiger partial charge in [-0.15, -0.1) is 11.3 Å². The van der Waals surface area contributed by atoms with E-state index in [1.54, 1.807) is 13.0 Å². The quantitative estimate of drug-likeness (QED) is 0.291. The first kappa shape index (κ1) is 23.8. The number of rotatable bonds is 7. The standard InChI is InChI=1S/C25H23ClN2O5S/c1-5-31-25(30)20-17-11-10-13(2)21(22(17)34-24(20)27-15(4)29)32-12-19-14(3)33-23(28-19)16-8-6-7-9-18(16)26/h6-11H,5,12H2,1-4H3,(H,27,29). The number of fused-ring (bicyclic) bond motifs is 1. The second kappa shape index (κ2) is 9.87. The van der Waals surface area contributed by atoms with E-state index in [1.165, 1.54) is 18.3 Å². The van der Waals surface area contributed by atoms with Crippen LogP contribution in [0.2, 0.25) is 5.02 Å². The van der Waals surface area contributed by atoms with E-state index >= 15 is 0 Å². The number of amides is 1. The molecular weight excluding hydrogens is 476 g/mol. The summed E-state index contributed by atoms with van der Waals surface area (Å²) in [5.74, 6) is 0.874. The summed E-state index contributed by atoms with van der Waals surface area (Å²) in [4.78, 5) is 29.0. The average molecular weight is 499 g/mol. The molecule has 9 heteroatoms. The zero-order chi connectivity index (χ0) is 24.4. The van der Waals surface area contributed by atoms with Crippen LogP contribution in [0.15, 0.2) is 40.8 Å². The molecule has 0 saturated heterocycles. The Morgan fingerprint density at radius 3 is 2.65 bits per heavy atom. The maximum Gasteiger partial charge on any atom is 0.341 e. The summed E-state index contributed by atoms with van der Waals surface area (Å²) in [5.41, 5.74) is 2.54. The molecule has 0 atom stereocenters. The molecule has 2 heterocycles. The zero-order valence-corrected chi connectivity index (χ0v) is 20.7. The van der Waals surface area contributed by atoms with Crippen molar-refractivity contribution in [1.29, 1.82) is 0 Å². The lowest BCUT2D eigenvalue weighted by Crippen LogP contribution is -2.10. The molecule has 2 aromatic heterocycles. The number of nitrogens with zero attached hydrogens (tertiary/aromatic N) is 1. The second-order valence-electron chi connectivity index (χ2n) is 7.59. The fourth-order valence-electron chi connectivity index (χ4n) is 3.52. The van der Waals surface area contributed by atoms with Crippen LogP contribution < -0.4 is 10.1 Å². The largest absolute Gasteiger partial charge is 0.485 e. The maximum atomic E-state index is 12.7. The van der Waals surface area contributed by atoms with Crippen LogP contribution in [0, 0.1) is 13.8 Å². The molecule has 7 nitrogen and oxygen atoms in total. The third kappa shape index (κ3) is 4.64. The van der Waals surface area contributed by atoms with Crippen LogP contribution in [0.3, 0.4) is 0 Å².